The Morgan fingerprint density at radius 2 is 1.55 bits per heavy atom. The van der Waals surface area contributed by atoms with Gasteiger partial charge in [-0.25, -0.2) is 0 Å². The van der Waals surface area contributed by atoms with E-state index in [0.717, 1.165) is 24.8 Å². The normalized spacial score (nSPS) is 12.1. The first-order valence-electron chi connectivity index (χ1n) is 10.3. The van der Waals surface area contributed by atoms with Crippen LogP contribution in [0.4, 0.5) is 5.69 Å². The lowest BCUT2D eigenvalue weighted by Crippen LogP contribution is -2.16. The van der Waals surface area contributed by atoms with Gasteiger partial charge in [-0.3, -0.25) is 14.4 Å². The Balaban J connectivity index is 1.27. The van der Waals surface area contributed by atoms with Gasteiger partial charge in [0.1, 0.15) is 0 Å². The zero-order valence-corrected chi connectivity index (χ0v) is 17.1. The van der Waals surface area contributed by atoms with Gasteiger partial charge in [-0.15, -0.1) is 0 Å². The number of benzene rings is 3. The summed E-state index contributed by atoms with van der Waals surface area (Å²) in [5.74, 6) is -0.929. The van der Waals surface area contributed by atoms with Crippen molar-refractivity contribution in [1.82, 2.24) is 0 Å². The monoisotopic (exact) mass is 413 g/mol. The zero-order valence-electron chi connectivity index (χ0n) is 17.1. The molecule has 5 heteroatoms. The van der Waals surface area contributed by atoms with Gasteiger partial charge in [0, 0.05) is 16.8 Å². The summed E-state index contributed by atoms with van der Waals surface area (Å²) in [6.07, 6.45) is 3.47. The largest absolute Gasteiger partial charge is 0.457 e. The van der Waals surface area contributed by atoms with Gasteiger partial charge in [0.05, 0.1) is 6.42 Å². The van der Waals surface area contributed by atoms with Crippen molar-refractivity contribution in [2.75, 3.05) is 11.9 Å². The average Bonchev–Trinajstić information content (AvgIpc) is 3.26. The quantitative estimate of drug-likeness (QED) is 0.460. The van der Waals surface area contributed by atoms with E-state index in [9.17, 15) is 14.4 Å². The number of fused-ring (bicyclic) bond motifs is 1. The number of hydrogen-bond donors (Lipinski definition) is 1. The Morgan fingerprint density at radius 3 is 2.32 bits per heavy atom. The second kappa shape index (κ2) is 9.39. The maximum atomic E-state index is 12.3. The Morgan fingerprint density at radius 1 is 0.806 bits per heavy atom. The van der Waals surface area contributed by atoms with E-state index in [0.29, 0.717) is 16.8 Å². The summed E-state index contributed by atoms with van der Waals surface area (Å²) < 4.78 is 5.18. The van der Waals surface area contributed by atoms with E-state index in [1.165, 1.54) is 11.1 Å². The molecule has 0 aliphatic heterocycles. The van der Waals surface area contributed by atoms with Gasteiger partial charge in [-0.2, -0.15) is 0 Å². The number of carbonyl (C=O) groups is 3. The molecule has 3 aromatic rings. The van der Waals surface area contributed by atoms with Crippen molar-refractivity contribution >= 4 is 23.3 Å². The second-order valence-electron chi connectivity index (χ2n) is 7.61. The van der Waals surface area contributed by atoms with Crippen LogP contribution in [0.2, 0.25) is 0 Å². The van der Waals surface area contributed by atoms with Crippen molar-refractivity contribution in [1.29, 1.82) is 0 Å². The smallest absolute Gasteiger partial charge is 0.310 e. The van der Waals surface area contributed by atoms with Gasteiger partial charge in [-0.05, 0) is 72.4 Å². The van der Waals surface area contributed by atoms with Crippen LogP contribution in [0.25, 0.3) is 0 Å². The Hall–Kier alpha value is -3.73. The maximum absolute atomic E-state index is 12.3. The van der Waals surface area contributed by atoms with Gasteiger partial charge in [-0.1, -0.05) is 36.4 Å². The lowest BCUT2D eigenvalue weighted by molar-refractivity contribution is -0.141. The van der Waals surface area contributed by atoms with E-state index in [-0.39, 0.29) is 24.7 Å². The minimum Gasteiger partial charge on any atom is -0.457 e. The van der Waals surface area contributed by atoms with Crippen LogP contribution in [0.5, 0.6) is 0 Å². The van der Waals surface area contributed by atoms with Gasteiger partial charge < -0.3 is 10.1 Å². The predicted octanol–water partition coefficient (Wildman–Crippen LogP) is 4.40. The van der Waals surface area contributed by atoms with E-state index in [2.05, 4.69) is 17.4 Å². The number of carbonyl (C=O) groups excluding carboxylic acids is 3. The highest BCUT2D eigenvalue weighted by Crippen LogP contribution is 2.23. The molecule has 1 N–H and O–H groups in total. The fourth-order valence-electron chi connectivity index (χ4n) is 3.71. The minimum absolute atomic E-state index is 0.158. The van der Waals surface area contributed by atoms with Crippen LogP contribution >= 0.6 is 0 Å². The summed E-state index contributed by atoms with van der Waals surface area (Å²) >= 11 is 0. The highest BCUT2D eigenvalue weighted by Gasteiger charge is 2.14. The Labute approximate surface area is 181 Å². The standard InChI is InChI=1S/C26H23NO4/c28-24(17-31-25(29)16-18-9-10-19-7-4-8-22(19)15-18)20-11-13-23(14-12-20)27-26(30)21-5-2-1-3-6-21/h1-3,5-6,9-15H,4,7-8,16-17H2,(H,27,30). The molecule has 0 aromatic heterocycles. The second-order valence-corrected chi connectivity index (χ2v) is 7.61. The molecule has 1 aliphatic rings. The molecular weight excluding hydrogens is 390 g/mol. The molecule has 0 unspecified atom stereocenters. The number of rotatable bonds is 7. The van der Waals surface area contributed by atoms with Crippen LogP contribution in [0.1, 0.15) is 43.8 Å². The van der Waals surface area contributed by atoms with E-state index in [4.69, 9.17) is 4.74 Å². The Kier molecular flexibility index (Phi) is 6.22. The van der Waals surface area contributed by atoms with Gasteiger partial charge in [0.25, 0.3) is 5.91 Å². The molecule has 31 heavy (non-hydrogen) atoms. The first-order chi connectivity index (χ1) is 15.1. The molecule has 0 bridgehead atoms. The first kappa shape index (κ1) is 20.5. The topological polar surface area (TPSA) is 72.5 Å². The summed E-state index contributed by atoms with van der Waals surface area (Å²) in [7, 11) is 0. The average molecular weight is 413 g/mol. The molecule has 0 saturated carbocycles. The number of Topliss-reactive ketones (excluding diaryl/α,β-unsaturated/α-hetero) is 1. The molecular formula is C26H23NO4. The third-order valence-electron chi connectivity index (χ3n) is 5.38. The number of aryl methyl sites for hydroxylation is 2. The lowest BCUT2D eigenvalue weighted by Gasteiger charge is -2.08. The zero-order chi connectivity index (χ0) is 21.6. The number of hydrogen-bond acceptors (Lipinski definition) is 4. The fraction of sp³-hybridized carbons (Fsp3) is 0.192. The van der Waals surface area contributed by atoms with Crippen LogP contribution in [-0.4, -0.2) is 24.3 Å². The number of amides is 1. The highest BCUT2D eigenvalue weighted by molar-refractivity contribution is 6.04. The third-order valence-corrected chi connectivity index (χ3v) is 5.38. The van der Waals surface area contributed by atoms with Crippen molar-refractivity contribution < 1.29 is 19.1 Å². The molecule has 156 valence electrons. The molecule has 0 fully saturated rings. The summed E-state index contributed by atoms with van der Waals surface area (Å²) in [5.41, 5.74) is 5.13. The summed E-state index contributed by atoms with van der Waals surface area (Å²) in [6.45, 7) is -0.306. The molecule has 5 nitrogen and oxygen atoms in total. The van der Waals surface area contributed by atoms with E-state index in [1.54, 1.807) is 48.5 Å². The number of esters is 1. The highest BCUT2D eigenvalue weighted by atomic mass is 16.5. The van der Waals surface area contributed by atoms with E-state index in [1.807, 2.05) is 12.1 Å². The summed E-state index contributed by atoms with van der Waals surface area (Å²) in [4.78, 5) is 36.7. The number of nitrogens with one attached hydrogen (secondary N) is 1. The van der Waals surface area contributed by atoms with Crippen molar-refractivity contribution in [3.63, 3.8) is 0 Å². The SMILES string of the molecule is O=C(Cc1ccc2c(c1)CCC2)OCC(=O)c1ccc(NC(=O)c2ccccc2)cc1. The van der Waals surface area contributed by atoms with Crippen molar-refractivity contribution in [3.8, 4) is 0 Å². The number of ketones is 1. The molecule has 0 atom stereocenters. The number of anilines is 1. The molecule has 3 aromatic carbocycles. The number of ether oxygens (including phenoxy) is 1. The van der Waals surface area contributed by atoms with Crippen LogP contribution in [0.15, 0.2) is 72.8 Å². The predicted molar refractivity (Wildman–Crippen MR) is 118 cm³/mol. The van der Waals surface area contributed by atoms with Gasteiger partial charge >= 0.3 is 5.97 Å². The summed E-state index contributed by atoms with van der Waals surface area (Å²) in [6, 6.07) is 21.5. The van der Waals surface area contributed by atoms with E-state index >= 15 is 0 Å². The molecule has 4 rings (SSSR count). The van der Waals surface area contributed by atoms with Crippen molar-refractivity contribution in [2.45, 2.75) is 25.7 Å². The fourth-order valence-corrected chi connectivity index (χ4v) is 3.71. The molecule has 0 heterocycles. The summed E-state index contributed by atoms with van der Waals surface area (Å²) in [5, 5.41) is 2.78. The van der Waals surface area contributed by atoms with Gasteiger partial charge in [0.15, 0.2) is 12.4 Å². The van der Waals surface area contributed by atoms with Crippen LogP contribution in [0.3, 0.4) is 0 Å². The molecule has 0 spiro atoms. The third kappa shape index (κ3) is 5.25. The van der Waals surface area contributed by atoms with Crippen molar-refractivity contribution in [3.05, 3.63) is 101 Å². The first-order valence-corrected chi connectivity index (χ1v) is 10.3. The minimum atomic E-state index is -0.418. The molecule has 1 amide bonds. The molecule has 1 aliphatic carbocycles. The van der Waals surface area contributed by atoms with E-state index < -0.39 is 5.97 Å². The Bertz CT molecular complexity index is 1100. The lowest BCUT2D eigenvalue weighted by atomic mass is 10.0. The molecule has 0 saturated heterocycles. The van der Waals surface area contributed by atoms with Crippen LogP contribution in [0, 0.1) is 0 Å². The van der Waals surface area contributed by atoms with Crippen molar-refractivity contribution in [2.24, 2.45) is 0 Å². The maximum Gasteiger partial charge on any atom is 0.310 e. The molecule has 0 radical (unpaired) electrons. The van der Waals surface area contributed by atoms with Gasteiger partial charge in [0.2, 0.25) is 0 Å². The van der Waals surface area contributed by atoms with Crippen LogP contribution in [-0.2, 0) is 28.8 Å². The van der Waals surface area contributed by atoms with Crippen LogP contribution < -0.4 is 5.32 Å².